The number of hydrogen-bond donors (Lipinski definition) is 2. The smallest absolute Gasteiger partial charge is 0.0582 e. The number of likely N-dealkylation sites (tertiary alicyclic amines) is 1. The van der Waals surface area contributed by atoms with Gasteiger partial charge < -0.3 is 10.4 Å². The monoisotopic (exact) mass is 248 g/mol. The summed E-state index contributed by atoms with van der Waals surface area (Å²) in [5, 5.41) is 12.5. The van der Waals surface area contributed by atoms with Crippen molar-refractivity contribution < 1.29 is 5.11 Å². The molecule has 0 amide bonds. The largest absolute Gasteiger partial charge is 0.395 e. The van der Waals surface area contributed by atoms with Gasteiger partial charge in [-0.3, -0.25) is 4.90 Å². The second kappa shape index (κ2) is 6.32. The molecule has 1 saturated heterocycles. The highest BCUT2D eigenvalue weighted by Gasteiger charge is 2.27. The number of nitrogens with zero attached hydrogens (tertiary/aromatic N) is 1. The van der Waals surface area contributed by atoms with Crippen LogP contribution in [0.15, 0.2) is 30.3 Å². The Labute approximate surface area is 110 Å². The summed E-state index contributed by atoms with van der Waals surface area (Å²) < 4.78 is 0. The maximum Gasteiger partial charge on any atom is 0.0582 e. The predicted octanol–water partition coefficient (Wildman–Crippen LogP) is 1.79. The van der Waals surface area contributed by atoms with E-state index in [4.69, 9.17) is 5.11 Å². The van der Waals surface area contributed by atoms with Crippen LogP contribution in [0.3, 0.4) is 0 Å². The second-order valence-electron chi connectivity index (χ2n) is 5.32. The molecule has 18 heavy (non-hydrogen) atoms. The summed E-state index contributed by atoms with van der Waals surface area (Å²) in [5.41, 5.74) is 1.38. The highest BCUT2D eigenvalue weighted by molar-refractivity contribution is 5.18. The van der Waals surface area contributed by atoms with Crippen LogP contribution in [0.1, 0.15) is 31.9 Å². The Morgan fingerprint density at radius 2 is 2.06 bits per heavy atom. The number of benzene rings is 1. The lowest BCUT2D eigenvalue weighted by Gasteiger charge is -2.25. The summed E-state index contributed by atoms with van der Waals surface area (Å²) in [5.74, 6) is 0. The Kier molecular flexibility index (Phi) is 4.75. The van der Waals surface area contributed by atoms with E-state index < -0.39 is 0 Å². The second-order valence-corrected chi connectivity index (χ2v) is 5.32. The molecule has 2 N–H and O–H groups in total. The van der Waals surface area contributed by atoms with E-state index in [0.29, 0.717) is 12.1 Å². The molecular formula is C15H24N2O. The summed E-state index contributed by atoms with van der Waals surface area (Å²) in [6.07, 6.45) is 1.17. The van der Waals surface area contributed by atoms with E-state index in [0.717, 1.165) is 13.1 Å². The van der Waals surface area contributed by atoms with E-state index in [1.807, 2.05) is 6.92 Å². The van der Waals surface area contributed by atoms with Gasteiger partial charge in [0.15, 0.2) is 0 Å². The van der Waals surface area contributed by atoms with Gasteiger partial charge in [0.2, 0.25) is 0 Å². The third kappa shape index (κ3) is 3.31. The van der Waals surface area contributed by atoms with Gasteiger partial charge in [0, 0.05) is 31.2 Å². The molecule has 2 rings (SSSR count). The number of nitrogens with one attached hydrogen (secondary N) is 1. The van der Waals surface area contributed by atoms with Gasteiger partial charge in [0.1, 0.15) is 0 Å². The maximum atomic E-state index is 9.07. The molecule has 0 radical (unpaired) electrons. The standard InChI is InChI=1S/C15H24N2O/c1-12(11-18)16-15-8-9-17(10-15)13(2)14-6-4-3-5-7-14/h3-7,12-13,15-16,18H,8-11H2,1-2H3. The topological polar surface area (TPSA) is 35.5 Å². The summed E-state index contributed by atoms with van der Waals surface area (Å²) in [4.78, 5) is 2.51. The van der Waals surface area contributed by atoms with Crippen LogP contribution in [-0.2, 0) is 0 Å². The zero-order valence-electron chi connectivity index (χ0n) is 11.3. The van der Waals surface area contributed by atoms with Gasteiger partial charge in [-0.25, -0.2) is 0 Å². The lowest BCUT2D eigenvalue weighted by Crippen LogP contribution is -2.40. The fourth-order valence-electron chi connectivity index (χ4n) is 2.67. The molecule has 1 aliphatic heterocycles. The molecule has 100 valence electrons. The Morgan fingerprint density at radius 1 is 1.33 bits per heavy atom. The van der Waals surface area contributed by atoms with Gasteiger partial charge in [0.25, 0.3) is 0 Å². The number of hydrogen-bond acceptors (Lipinski definition) is 3. The molecule has 0 spiro atoms. The SMILES string of the molecule is CC(CO)NC1CCN(C(C)c2ccccc2)C1. The van der Waals surface area contributed by atoms with E-state index in [2.05, 4.69) is 47.5 Å². The number of aliphatic hydroxyl groups excluding tert-OH is 1. The minimum absolute atomic E-state index is 0.196. The average molecular weight is 248 g/mol. The van der Waals surface area contributed by atoms with Crippen molar-refractivity contribution >= 4 is 0 Å². The molecule has 1 aromatic rings. The Hall–Kier alpha value is -0.900. The molecule has 3 atom stereocenters. The quantitative estimate of drug-likeness (QED) is 0.834. The van der Waals surface area contributed by atoms with Crippen molar-refractivity contribution in [3.63, 3.8) is 0 Å². The summed E-state index contributed by atoms with van der Waals surface area (Å²) in [7, 11) is 0. The van der Waals surface area contributed by atoms with Crippen molar-refractivity contribution in [3.05, 3.63) is 35.9 Å². The van der Waals surface area contributed by atoms with Crippen LogP contribution >= 0.6 is 0 Å². The highest BCUT2D eigenvalue weighted by Crippen LogP contribution is 2.24. The first-order valence-corrected chi connectivity index (χ1v) is 6.86. The molecule has 0 saturated carbocycles. The van der Waals surface area contributed by atoms with E-state index in [1.165, 1.54) is 12.0 Å². The van der Waals surface area contributed by atoms with Crippen molar-refractivity contribution in [1.29, 1.82) is 0 Å². The van der Waals surface area contributed by atoms with E-state index in [1.54, 1.807) is 0 Å². The molecular weight excluding hydrogens is 224 g/mol. The fraction of sp³-hybridized carbons (Fsp3) is 0.600. The van der Waals surface area contributed by atoms with Crippen LogP contribution in [0.2, 0.25) is 0 Å². The van der Waals surface area contributed by atoms with Gasteiger partial charge in [-0.2, -0.15) is 0 Å². The Bertz CT molecular complexity index is 355. The van der Waals surface area contributed by atoms with Crippen LogP contribution in [0.5, 0.6) is 0 Å². The Morgan fingerprint density at radius 3 is 2.72 bits per heavy atom. The first kappa shape index (κ1) is 13.5. The van der Waals surface area contributed by atoms with Crippen molar-refractivity contribution in [1.82, 2.24) is 10.2 Å². The Balaban J connectivity index is 1.89. The molecule has 1 fully saturated rings. The van der Waals surface area contributed by atoms with Gasteiger partial charge in [-0.1, -0.05) is 30.3 Å². The van der Waals surface area contributed by atoms with Crippen LogP contribution in [-0.4, -0.2) is 41.8 Å². The minimum Gasteiger partial charge on any atom is -0.395 e. The first-order valence-electron chi connectivity index (χ1n) is 6.86. The lowest BCUT2D eigenvalue weighted by molar-refractivity contribution is 0.228. The third-order valence-electron chi connectivity index (χ3n) is 3.84. The molecule has 3 unspecified atom stereocenters. The van der Waals surface area contributed by atoms with Gasteiger partial charge in [0.05, 0.1) is 6.61 Å². The fourth-order valence-corrected chi connectivity index (χ4v) is 2.67. The van der Waals surface area contributed by atoms with Crippen molar-refractivity contribution in [2.75, 3.05) is 19.7 Å². The summed E-state index contributed by atoms with van der Waals surface area (Å²) >= 11 is 0. The molecule has 0 bridgehead atoms. The maximum absolute atomic E-state index is 9.07. The van der Waals surface area contributed by atoms with E-state index >= 15 is 0 Å². The minimum atomic E-state index is 0.196. The zero-order valence-corrected chi connectivity index (χ0v) is 11.3. The summed E-state index contributed by atoms with van der Waals surface area (Å²) in [6.45, 7) is 6.72. The molecule has 0 aliphatic carbocycles. The van der Waals surface area contributed by atoms with Crippen LogP contribution < -0.4 is 5.32 Å². The predicted molar refractivity (Wildman–Crippen MR) is 74.5 cm³/mol. The molecule has 1 aromatic carbocycles. The molecule has 1 aliphatic rings. The summed E-state index contributed by atoms with van der Waals surface area (Å²) in [6, 6.07) is 11.8. The first-order chi connectivity index (χ1) is 8.70. The van der Waals surface area contributed by atoms with Crippen LogP contribution in [0.4, 0.5) is 0 Å². The lowest BCUT2D eigenvalue weighted by atomic mass is 10.1. The molecule has 0 aromatic heterocycles. The van der Waals surface area contributed by atoms with Crippen molar-refractivity contribution in [3.8, 4) is 0 Å². The molecule has 3 heteroatoms. The highest BCUT2D eigenvalue weighted by atomic mass is 16.3. The van der Waals surface area contributed by atoms with Crippen LogP contribution in [0.25, 0.3) is 0 Å². The van der Waals surface area contributed by atoms with Crippen molar-refractivity contribution in [2.45, 2.75) is 38.4 Å². The van der Waals surface area contributed by atoms with Gasteiger partial charge in [-0.15, -0.1) is 0 Å². The number of rotatable bonds is 5. The number of aliphatic hydroxyl groups is 1. The van der Waals surface area contributed by atoms with Gasteiger partial charge in [-0.05, 0) is 25.8 Å². The molecule has 1 heterocycles. The van der Waals surface area contributed by atoms with E-state index in [9.17, 15) is 0 Å². The normalized spacial score (nSPS) is 24.1. The molecule has 3 nitrogen and oxygen atoms in total. The zero-order chi connectivity index (χ0) is 13.0. The average Bonchev–Trinajstić information content (AvgIpc) is 2.87. The third-order valence-corrected chi connectivity index (χ3v) is 3.84. The van der Waals surface area contributed by atoms with Gasteiger partial charge >= 0.3 is 0 Å². The van der Waals surface area contributed by atoms with E-state index in [-0.39, 0.29) is 12.6 Å². The van der Waals surface area contributed by atoms with Crippen LogP contribution in [0, 0.1) is 0 Å². The van der Waals surface area contributed by atoms with Crippen molar-refractivity contribution in [2.24, 2.45) is 0 Å².